The van der Waals surface area contributed by atoms with Crippen molar-refractivity contribution in [3.63, 3.8) is 0 Å². The first kappa shape index (κ1) is 27.1. The number of para-hydroxylation sites is 1. The van der Waals surface area contributed by atoms with E-state index in [4.69, 9.17) is 30.8 Å². The summed E-state index contributed by atoms with van der Waals surface area (Å²) in [6.07, 6.45) is 2.85. The van der Waals surface area contributed by atoms with Gasteiger partial charge in [0.25, 0.3) is 0 Å². The fraction of sp³-hybridized carbons (Fsp3) is 0.300. The quantitative estimate of drug-likeness (QED) is 0.146. The van der Waals surface area contributed by atoms with Crippen molar-refractivity contribution in [2.45, 2.75) is 51.1 Å². The molecule has 0 saturated carbocycles. The van der Waals surface area contributed by atoms with E-state index in [0.717, 1.165) is 34.6 Å². The van der Waals surface area contributed by atoms with E-state index >= 15 is 0 Å². The lowest BCUT2D eigenvalue weighted by atomic mass is 10.1. The zero-order chi connectivity index (χ0) is 27.0. The second-order valence-corrected chi connectivity index (χ2v) is 10.5. The Morgan fingerprint density at radius 3 is 2.62 bits per heavy atom. The van der Waals surface area contributed by atoms with Gasteiger partial charge in [0.1, 0.15) is 6.61 Å². The topological polar surface area (TPSA) is 78.4 Å². The second-order valence-electron chi connectivity index (χ2n) is 9.03. The highest BCUT2D eigenvalue weighted by Crippen LogP contribution is 2.43. The van der Waals surface area contributed by atoms with Crippen molar-refractivity contribution in [1.82, 2.24) is 15.2 Å². The average molecular weight is 563 g/mol. The molecule has 9 heteroatoms. The van der Waals surface area contributed by atoms with Gasteiger partial charge in [0.15, 0.2) is 23.4 Å². The van der Waals surface area contributed by atoms with Gasteiger partial charge in [0.2, 0.25) is 11.0 Å². The van der Waals surface area contributed by atoms with Crippen LogP contribution in [0.3, 0.4) is 0 Å². The highest BCUT2D eigenvalue weighted by Gasteiger charge is 2.27. The van der Waals surface area contributed by atoms with Crippen LogP contribution in [-0.4, -0.2) is 27.5 Å². The second kappa shape index (κ2) is 13.0. The number of benzene rings is 3. The zero-order valence-electron chi connectivity index (χ0n) is 22.0. The molecule has 1 atom stereocenters. The summed E-state index contributed by atoms with van der Waals surface area (Å²) < 4.78 is 18.5. The number of halogens is 1. The summed E-state index contributed by atoms with van der Waals surface area (Å²) in [7, 11) is 0. The Labute approximate surface area is 238 Å². The van der Waals surface area contributed by atoms with E-state index in [1.807, 2.05) is 73.7 Å². The smallest absolute Gasteiger partial charge is 0.247 e. The maximum Gasteiger partial charge on any atom is 0.247 e. The van der Waals surface area contributed by atoms with Crippen molar-refractivity contribution in [2.24, 2.45) is 0 Å². The van der Waals surface area contributed by atoms with E-state index < -0.39 is 6.23 Å². The predicted octanol–water partition coefficient (Wildman–Crippen LogP) is 7.96. The first-order valence-electron chi connectivity index (χ1n) is 13.2. The van der Waals surface area contributed by atoms with Gasteiger partial charge < -0.3 is 19.5 Å². The minimum Gasteiger partial charge on any atom is -0.490 e. The Kier molecular flexibility index (Phi) is 9.06. The SMILES string of the molecule is CCCCCSc1nnc2c(n1)O[C@H](c1cc(Cl)c(OCc3ccccc3)c(OCC)c1)Nc1ccccc1-2. The minimum atomic E-state index is -0.595. The lowest BCUT2D eigenvalue weighted by Crippen LogP contribution is -2.17. The number of hydrogen-bond acceptors (Lipinski definition) is 8. The molecule has 0 radical (unpaired) electrons. The molecule has 0 spiro atoms. The van der Waals surface area contributed by atoms with Crippen molar-refractivity contribution in [3.05, 3.63) is 82.9 Å². The summed E-state index contributed by atoms with van der Waals surface area (Å²) in [4.78, 5) is 4.75. The van der Waals surface area contributed by atoms with Gasteiger partial charge in [0.05, 0.1) is 11.6 Å². The number of nitrogens with zero attached hydrogens (tertiary/aromatic N) is 3. The normalized spacial score (nSPS) is 13.9. The number of unbranched alkanes of at least 4 members (excludes halogenated alkanes) is 2. The Morgan fingerprint density at radius 2 is 1.79 bits per heavy atom. The molecule has 0 saturated heterocycles. The Balaban J connectivity index is 1.46. The molecule has 202 valence electrons. The average Bonchev–Trinajstić information content (AvgIpc) is 3.12. The van der Waals surface area contributed by atoms with E-state index in [1.165, 1.54) is 12.8 Å². The third kappa shape index (κ3) is 6.57. The highest BCUT2D eigenvalue weighted by atomic mass is 35.5. The molecular formula is C30H31ClN4O3S. The van der Waals surface area contributed by atoms with Gasteiger partial charge in [0, 0.05) is 22.6 Å². The summed E-state index contributed by atoms with van der Waals surface area (Å²) in [6.45, 7) is 4.95. The van der Waals surface area contributed by atoms with Crippen molar-refractivity contribution >= 4 is 29.1 Å². The molecule has 5 rings (SSSR count). The maximum absolute atomic E-state index is 6.78. The number of fused-ring (bicyclic) bond motifs is 3. The van der Waals surface area contributed by atoms with Crippen LogP contribution < -0.4 is 19.5 Å². The van der Waals surface area contributed by atoms with E-state index in [-0.39, 0.29) is 0 Å². The van der Waals surface area contributed by atoms with Gasteiger partial charge in [-0.2, -0.15) is 4.98 Å². The van der Waals surface area contributed by atoms with Crippen molar-refractivity contribution in [1.29, 1.82) is 0 Å². The lowest BCUT2D eigenvalue weighted by molar-refractivity contribution is 0.223. The Hall–Kier alpha value is -3.49. The largest absolute Gasteiger partial charge is 0.490 e. The van der Waals surface area contributed by atoms with Gasteiger partial charge in [-0.15, -0.1) is 10.2 Å². The van der Waals surface area contributed by atoms with E-state index in [2.05, 4.69) is 22.4 Å². The number of anilines is 1. The van der Waals surface area contributed by atoms with E-state index in [1.54, 1.807) is 11.8 Å². The maximum atomic E-state index is 6.78. The van der Waals surface area contributed by atoms with Crippen LogP contribution in [0.2, 0.25) is 5.02 Å². The first-order valence-corrected chi connectivity index (χ1v) is 14.6. The van der Waals surface area contributed by atoms with Crippen LogP contribution in [0.5, 0.6) is 17.4 Å². The molecule has 1 N–H and O–H groups in total. The fourth-order valence-electron chi connectivity index (χ4n) is 4.25. The molecule has 0 bridgehead atoms. The number of thioether (sulfide) groups is 1. The van der Waals surface area contributed by atoms with Gasteiger partial charge in [-0.3, -0.25) is 0 Å². The number of hydrogen-bond donors (Lipinski definition) is 1. The molecule has 0 amide bonds. The Morgan fingerprint density at radius 1 is 0.974 bits per heavy atom. The summed E-state index contributed by atoms with van der Waals surface area (Å²) in [6, 6.07) is 21.6. The van der Waals surface area contributed by atoms with Crippen LogP contribution in [0.15, 0.2) is 71.9 Å². The van der Waals surface area contributed by atoms with Crippen LogP contribution in [0.4, 0.5) is 5.69 Å². The molecule has 0 fully saturated rings. The molecule has 0 unspecified atom stereocenters. The molecule has 3 aromatic carbocycles. The molecule has 2 heterocycles. The first-order chi connectivity index (χ1) is 19.2. The number of aromatic nitrogens is 3. The molecule has 0 aliphatic carbocycles. The molecule has 7 nitrogen and oxygen atoms in total. The standard InChI is InChI=1S/C30H31ClN4O3S/c1-3-5-11-16-39-30-33-29-26(34-35-30)22-14-9-10-15-24(22)32-28(38-29)21-17-23(31)27(25(18-21)36-4-2)37-19-20-12-7-6-8-13-20/h6-10,12-15,17-18,28,32H,3-5,11,16,19H2,1-2H3/t28-/m1/s1. The predicted molar refractivity (Wildman–Crippen MR) is 156 cm³/mol. The number of ether oxygens (including phenoxy) is 3. The Bertz CT molecular complexity index is 1410. The van der Waals surface area contributed by atoms with Gasteiger partial charge in [-0.05, 0) is 37.1 Å². The van der Waals surface area contributed by atoms with E-state index in [9.17, 15) is 0 Å². The van der Waals surface area contributed by atoms with Crippen molar-refractivity contribution in [2.75, 3.05) is 17.7 Å². The third-order valence-corrected chi connectivity index (χ3v) is 7.38. The van der Waals surface area contributed by atoms with Gasteiger partial charge in [-0.25, -0.2) is 0 Å². The summed E-state index contributed by atoms with van der Waals surface area (Å²) in [5.41, 5.74) is 4.14. The van der Waals surface area contributed by atoms with Crippen LogP contribution in [0.1, 0.15) is 50.5 Å². The third-order valence-electron chi connectivity index (χ3n) is 6.17. The fourth-order valence-corrected chi connectivity index (χ4v) is 5.30. The summed E-state index contributed by atoms with van der Waals surface area (Å²) >= 11 is 8.37. The monoisotopic (exact) mass is 562 g/mol. The summed E-state index contributed by atoms with van der Waals surface area (Å²) in [5.74, 6) is 2.40. The van der Waals surface area contributed by atoms with Gasteiger partial charge >= 0.3 is 0 Å². The minimum absolute atomic E-state index is 0.375. The number of nitrogens with one attached hydrogen (secondary N) is 1. The van der Waals surface area contributed by atoms with Crippen molar-refractivity contribution in [3.8, 4) is 28.6 Å². The van der Waals surface area contributed by atoms with Crippen LogP contribution >= 0.6 is 23.4 Å². The number of rotatable bonds is 11. The zero-order valence-corrected chi connectivity index (χ0v) is 23.6. The van der Waals surface area contributed by atoms with Crippen LogP contribution in [0.25, 0.3) is 11.3 Å². The highest BCUT2D eigenvalue weighted by molar-refractivity contribution is 7.99. The van der Waals surface area contributed by atoms with E-state index in [0.29, 0.717) is 46.5 Å². The molecule has 1 aromatic heterocycles. The van der Waals surface area contributed by atoms with Crippen LogP contribution in [-0.2, 0) is 6.61 Å². The van der Waals surface area contributed by atoms with Gasteiger partial charge in [-0.1, -0.05) is 91.7 Å². The van der Waals surface area contributed by atoms with Crippen LogP contribution in [0, 0.1) is 0 Å². The molecular weight excluding hydrogens is 532 g/mol. The molecule has 1 aliphatic rings. The molecule has 39 heavy (non-hydrogen) atoms. The molecule has 4 aromatic rings. The molecule has 1 aliphatic heterocycles. The summed E-state index contributed by atoms with van der Waals surface area (Å²) in [5, 5.41) is 13.4. The van der Waals surface area contributed by atoms with Crippen molar-refractivity contribution < 1.29 is 14.2 Å². The lowest BCUT2D eigenvalue weighted by Gasteiger charge is -2.22.